The van der Waals surface area contributed by atoms with Crippen molar-refractivity contribution < 1.29 is 9.53 Å². The highest BCUT2D eigenvalue weighted by Gasteiger charge is 2.18. The van der Waals surface area contributed by atoms with Crippen LogP contribution in [0.1, 0.15) is 35.7 Å². The molecule has 1 fully saturated rings. The fourth-order valence-corrected chi connectivity index (χ4v) is 3.86. The molecule has 0 radical (unpaired) electrons. The number of nitrogen functional groups attached to an aromatic ring is 1. The molecule has 10 heteroatoms. The van der Waals surface area contributed by atoms with Gasteiger partial charge in [-0.3, -0.25) is 4.79 Å². The molecule has 4 N–H and O–H groups in total. The number of hydrogen-bond acceptors (Lipinski definition) is 8. The molecule has 0 unspecified atom stereocenters. The number of rotatable bonds is 8. The molecule has 0 aliphatic carbocycles. The van der Waals surface area contributed by atoms with Crippen LogP contribution in [0.3, 0.4) is 0 Å². The van der Waals surface area contributed by atoms with Crippen LogP contribution in [0.4, 0.5) is 5.82 Å². The van der Waals surface area contributed by atoms with E-state index in [1.807, 2.05) is 6.07 Å². The Morgan fingerprint density at radius 2 is 2.21 bits per heavy atom. The van der Waals surface area contributed by atoms with E-state index in [0.717, 1.165) is 32.0 Å². The molecule has 33 heavy (non-hydrogen) atoms. The minimum atomic E-state index is -0.604. The topological polar surface area (TPSA) is 149 Å². The lowest BCUT2D eigenvalue weighted by molar-refractivity contribution is 0.100. The second kappa shape index (κ2) is 9.67. The van der Waals surface area contributed by atoms with Crippen molar-refractivity contribution in [2.24, 2.45) is 11.7 Å². The molecule has 1 saturated heterocycles. The van der Waals surface area contributed by atoms with Gasteiger partial charge in [0.15, 0.2) is 11.6 Å². The number of anilines is 1. The molecular formula is C23H26N8O2. The predicted octanol–water partition coefficient (Wildman–Crippen LogP) is 1.99. The lowest BCUT2D eigenvalue weighted by Crippen LogP contribution is -2.23. The number of nitrogens with zero attached hydrogens (tertiary/aromatic N) is 6. The highest BCUT2D eigenvalue weighted by atomic mass is 16.5. The van der Waals surface area contributed by atoms with Crippen molar-refractivity contribution in [3.05, 3.63) is 47.9 Å². The summed E-state index contributed by atoms with van der Waals surface area (Å²) in [6.45, 7) is 6.11. The highest BCUT2D eigenvalue weighted by molar-refractivity contribution is 5.92. The summed E-state index contributed by atoms with van der Waals surface area (Å²) in [4.78, 5) is 22.5. The zero-order chi connectivity index (χ0) is 23.4. The number of carbonyl (C=O) groups excluding carboxylic acids is 1. The maximum absolute atomic E-state index is 11.4. The van der Waals surface area contributed by atoms with Gasteiger partial charge in [-0.1, -0.05) is 6.92 Å². The van der Waals surface area contributed by atoms with Gasteiger partial charge in [-0.25, -0.2) is 14.6 Å². The first kappa shape index (κ1) is 22.2. The second-order valence-corrected chi connectivity index (χ2v) is 8.22. The van der Waals surface area contributed by atoms with Crippen molar-refractivity contribution in [2.75, 3.05) is 32.0 Å². The molecule has 170 valence electrons. The van der Waals surface area contributed by atoms with E-state index in [-0.39, 0.29) is 17.2 Å². The summed E-state index contributed by atoms with van der Waals surface area (Å²) < 4.78 is 7.22. The van der Waals surface area contributed by atoms with Gasteiger partial charge in [0, 0.05) is 24.8 Å². The number of amides is 1. The molecule has 10 nitrogen and oxygen atoms in total. The van der Waals surface area contributed by atoms with Gasteiger partial charge in [0.1, 0.15) is 11.8 Å². The van der Waals surface area contributed by atoms with E-state index in [1.54, 1.807) is 12.1 Å². The van der Waals surface area contributed by atoms with Gasteiger partial charge < -0.3 is 21.1 Å². The van der Waals surface area contributed by atoms with E-state index in [9.17, 15) is 10.1 Å². The quantitative estimate of drug-likeness (QED) is 0.499. The van der Waals surface area contributed by atoms with Crippen molar-refractivity contribution >= 4 is 11.7 Å². The van der Waals surface area contributed by atoms with Crippen LogP contribution in [0, 0.1) is 17.2 Å². The molecular weight excluding hydrogens is 420 g/mol. The third-order valence-electron chi connectivity index (χ3n) is 5.65. The Morgan fingerprint density at radius 3 is 2.91 bits per heavy atom. The normalized spacial score (nSPS) is 15.9. The van der Waals surface area contributed by atoms with Gasteiger partial charge in [0.05, 0.1) is 35.8 Å². The Bertz CT molecular complexity index is 1200. The summed E-state index contributed by atoms with van der Waals surface area (Å²) in [7, 11) is 0. The number of nitriles is 1. The molecule has 1 amide bonds. The number of carbonyl (C=O) groups is 1. The van der Waals surface area contributed by atoms with Crippen molar-refractivity contribution in [3.8, 4) is 28.9 Å². The average Bonchev–Trinajstić information content (AvgIpc) is 3.46. The van der Waals surface area contributed by atoms with Gasteiger partial charge >= 0.3 is 0 Å². The van der Waals surface area contributed by atoms with E-state index in [0.29, 0.717) is 29.2 Å². The van der Waals surface area contributed by atoms with Crippen LogP contribution < -0.4 is 16.2 Å². The second-order valence-electron chi connectivity index (χ2n) is 8.22. The highest BCUT2D eigenvalue weighted by Crippen LogP contribution is 2.27. The van der Waals surface area contributed by atoms with E-state index in [1.165, 1.54) is 29.7 Å². The molecule has 4 rings (SSSR count). The number of aromatic nitrogens is 4. The monoisotopic (exact) mass is 446 g/mol. The van der Waals surface area contributed by atoms with Gasteiger partial charge in [-0.15, -0.1) is 0 Å². The minimum absolute atomic E-state index is 0.144. The number of likely N-dealkylation sites (tertiary alicyclic amines) is 1. The fourth-order valence-electron chi connectivity index (χ4n) is 3.86. The molecule has 2 aromatic heterocycles. The van der Waals surface area contributed by atoms with Gasteiger partial charge in [-0.05, 0) is 43.5 Å². The molecule has 0 saturated carbocycles. The fraction of sp³-hybridized carbons (Fsp3) is 0.348. The van der Waals surface area contributed by atoms with Crippen LogP contribution in [0.5, 0.6) is 5.75 Å². The molecule has 0 spiro atoms. The molecule has 1 aliphatic rings. The molecule has 1 atom stereocenters. The third-order valence-corrected chi connectivity index (χ3v) is 5.65. The van der Waals surface area contributed by atoms with E-state index < -0.39 is 5.91 Å². The Kier molecular flexibility index (Phi) is 6.51. The first-order valence-corrected chi connectivity index (χ1v) is 10.8. The average molecular weight is 447 g/mol. The lowest BCUT2D eigenvalue weighted by Gasteiger charge is -2.15. The summed E-state index contributed by atoms with van der Waals surface area (Å²) in [5.74, 6) is 1.10. The summed E-state index contributed by atoms with van der Waals surface area (Å²) in [6.07, 6.45) is 6.45. The largest absolute Gasteiger partial charge is 0.492 e. The summed E-state index contributed by atoms with van der Waals surface area (Å²) in [5.41, 5.74) is 13.1. The smallest absolute Gasteiger partial charge is 0.251 e. The SMILES string of the molecule is C[C@H]1CCN(CCCOc2ccc(-c3cnc(N)c(-n4cc(C(N)=O)cn4)n3)cc2C#N)C1. The number of nitrogens with two attached hydrogens (primary N) is 2. The molecule has 3 aromatic rings. The van der Waals surface area contributed by atoms with Gasteiger partial charge in [-0.2, -0.15) is 10.4 Å². The Labute approximate surface area is 191 Å². The van der Waals surface area contributed by atoms with E-state index in [4.69, 9.17) is 16.2 Å². The zero-order valence-corrected chi connectivity index (χ0v) is 18.4. The van der Waals surface area contributed by atoms with Crippen LogP contribution in [-0.2, 0) is 0 Å². The van der Waals surface area contributed by atoms with Gasteiger partial charge in [0.2, 0.25) is 0 Å². The molecule has 1 aliphatic heterocycles. The van der Waals surface area contributed by atoms with Crippen LogP contribution in [-0.4, -0.2) is 56.8 Å². The van der Waals surface area contributed by atoms with Crippen molar-refractivity contribution in [2.45, 2.75) is 19.8 Å². The minimum Gasteiger partial charge on any atom is -0.492 e. The molecule has 0 bridgehead atoms. The van der Waals surface area contributed by atoms with Crippen LogP contribution in [0.2, 0.25) is 0 Å². The van der Waals surface area contributed by atoms with Crippen LogP contribution in [0.15, 0.2) is 36.8 Å². The molecule has 3 heterocycles. The third kappa shape index (κ3) is 5.10. The summed E-state index contributed by atoms with van der Waals surface area (Å²) in [5, 5.41) is 13.7. The lowest BCUT2D eigenvalue weighted by atomic mass is 10.1. The number of ether oxygens (including phenoxy) is 1. The van der Waals surface area contributed by atoms with E-state index >= 15 is 0 Å². The Morgan fingerprint density at radius 1 is 1.36 bits per heavy atom. The van der Waals surface area contributed by atoms with Crippen molar-refractivity contribution in [1.29, 1.82) is 5.26 Å². The van der Waals surface area contributed by atoms with Crippen LogP contribution in [0.25, 0.3) is 17.1 Å². The maximum atomic E-state index is 11.4. The Balaban J connectivity index is 1.48. The summed E-state index contributed by atoms with van der Waals surface area (Å²) in [6, 6.07) is 7.48. The summed E-state index contributed by atoms with van der Waals surface area (Å²) >= 11 is 0. The first-order valence-electron chi connectivity index (χ1n) is 10.8. The maximum Gasteiger partial charge on any atom is 0.251 e. The molecule has 1 aromatic carbocycles. The zero-order valence-electron chi connectivity index (χ0n) is 18.4. The number of benzene rings is 1. The Hall–Kier alpha value is -3.97. The first-order chi connectivity index (χ1) is 15.9. The van der Waals surface area contributed by atoms with Crippen molar-refractivity contribution in [1.82, 2.24) is 24.6 Å². The number of hydrogen-bond donors (Lipinski definition) is 2. The van der Waals surface area contributed by atoms with Gasteiger partial charge in [0.25, 0.3) is 5.91 Å². The van der Waals surface area contributed by atoms with E-state index in [2.05, 4.69) is 33.0 Å². The van der Waals surface area contributed by atoms with Crippen LogP contribution >= 0.6 is 0 Å². The number of primary amides is 1. The predicted molar refractivity (Wildman–Crippen MR) is 123 cm³/mol. The standard InChI is InChI=1S/C23H26N8O2/c1-15-5-7-30(13-15)6-2-8-33-20-4-3-16(9-17(20)10-24)19-12-27-21(25)23(29-19)31-14-18(11-28-31)22(26)32/h3-4,9,11-12,14-15H,2,5-8,13H2,1H3,(H2,25,27)(H2,26,32)/t15-/m0/s1. The van der Waals surface area contributed by atoms with Crippen molar-refractivity contribution in [3.63, 3.8) is 0 Å².